The summed E-state index contributed by atoms with van der Waals surface area (Å²) in [6, 6.07) is 13.9. The second kappa shape index (κ2) is 12.2. The first kappa shape index (κ1) is 28.0. The molecule has 0 bridgehead atoms. The summed E-state index contributed by atoms with van der Waals surface area (Å²) in [7, 11) is 6.45. The summed E-state index contributed by atoms with van der Waals surface area (Å²) < 4.78 is 28.1. The molecule has 4 rings (SSSR count). The minimum absolute atomic E-state index is 0.269. The minimum Gasteiger partial charge on any atom is -0.493 e. The van der Waals surface area contributed by atoms with Crippen molar-refractivity contribution in [3.8, 4) is 34.3 Å². The van der Waals surface area contributed by atoms with Crippen molar-refractivity contribution in [1.82, 2.24) is 9.80 Å². The summed E-state index contributed by atoms with van der Waals surface area (Å²) in [5.41, 5.74) is 2.19. The summed E-state index contributed by atoms with van der Waals surface area (Å²) in [6.45, 7) is 7.50. The summed E-state index contributed by atoms with van der Waals surface area (Å²) in [5.74, 6) is 3.08. The molecule has 2 aromatic carbocycles. The van der Waals surface area contributed by atoms with Crippen LogP contribution in [0.1, 0.15) is 25.0 Å². The maximum Gasteiger partial charge on any atom is 0.340 e. The number of halogens is 1. The van der Waals surface area contributed by atoms with E-state index in [0.29, 0.717) is 35.4 Å². The lowest BCUT2D eigenvalue weighted by Gasteiger charge is -2.44. The molecule has 2 unspecified atom stereocenters. The fourth-order valence-corrected chi connectivity index (χ4v) is 5.41. The van der Waals surface area contributed by atoms with E-state index >= 15 is 0 Å². The predicted molar refractivity (Wildman–Crippen MR) is 151 cm³/mol. The minimum atomic E-state index is -0.336. The highest BCUT2D eigenvalue weighted by molar-refractivity contribution is 9.10. The third-order valence-corrected chi connectivity index (χ3v) is 7.75. The van der Waals surface area contributed by atoms with E-state index in [0.717, 1.165) is 41.2 Å². The molecule has 204 valence electrons. The van der Waals surface area contributed by atoms with Gasteiger partial charge in [-0.3, -0.25) is 9.80 Å². The van der Waals surface area contributed by atoms with Gasteiger partial charge in [0.25, 0.3) is 0 Å². The molecule has 38 heavy (non-hydrogen) atoms. The van der Waals surface area contributed by atoms with E-state index in [4.69, 9.17) is 23.4 Å². The highest BCUT2D eigenvalue weighted by Crippen LogP contribution is 2.38. The summed E-state index contributed by atoms with van der Waals surface area (Å²) in [6.07, 6.45) is 0. The maximum absolute atomic E-state index is 13.0. The van der Waals surface area contributed by atoms with E-state index in [1.165, 1.54) is 5.56 Å². The van der Waals surface area contributed by atoms with Crippen molar-refractivity contribution in [3.63, 3.8) is 0 Å². The van der Waals surface area contributed by atoms with Gasteiger partial charge in [0, 0.05) is 48.3 Å². The SMILES string of the molecule is COc1ccc(CN2CC(C)N(Cc3ccc(-c4cc(OC)c(OC)cc4Br)oc3=O)CC2C)cc1OC. The number of methoxy groups -OCH3 is 4. The summed E-state index contributed by atoms with van der Waals surface area (Å²) in [5, 5.41) is 0. The van der Waals surface area contributed by atoms with Crippen LogP contribution in [0.4, 0.5) is 0 Å². The lowest BCUT2D eigenvalue weighted by molar-refractivity contribution is 0.0322. The summed E-state index contributed by atoms with van der Waals surface area (Å²) >= 11 is 3.55. The molecule has 0 radical (unpaired) electrons. The van der Waals surface area contributed by atoms with Crippen molar-refractivity contribution < 1.29 is 23.4 Å². The van der Waals surface area contributed by atoms with Gasteiger partial charge in [-0.25, -0.2) is 4.79 Å². The number of piperazine rings is 1. The monoisotopic (exact) mass is 586 g/mol. The molecule has 1 aliphatic heterocycles. The van der Waals surface area contributed by atoms with Gasteiger partial charge in [0.05, 0.1) is 34.0 Å². The molecule has 3 aromatic rings. The fraction of sp³-hybridized carbons (Fsp3) is 0.414. The van der Waals surface area contributed by atoms with E-state index in [9.17, 15) is 4.79 Å². The normalized spacial score (nSPS) is 18.3. The number of rotatable bonds is 9. The quantitative estimate of drug-likeness (QED) is 0.339. The molecule has 0 amide bonds. The van der Waals surface area contributed by atoms with Crippen LogP contribution in [0.2, 0.25) is 0 Å². The third-order valence-electron chi connectivity index (χ3n) is 7.09. The van der Waals surface area contributed by atoms with Crippen LogP contribution < -0.4 is 24.6 Å². The number of benzene rings is 2. The maximum atomic E-state index is 13.0. The number of hydrogen-bond donors (Lipinski definition) is 0. The lowest BCUT2D eigenvalue weighted by Crippen LogP contribution is -2.55. The average Bonchev–Trinajstić information content (AvgIpc) is 2.92. The zero-order valence-corrected chi connectivity index (χ0v) is 24.3. The van der Waals surface area contributed by atoms with Crippen LogP contribution >= 0.6 is 15.9 Å². The smallest absolute Gasteiger partial charge is 0.340 e. The molecule has 2 heterocycles. The molecule has 0 aliphatic carbocycles. The van der Waals surface area contributed by atoms with Crippen molar-refractivity contribution in [2.45, 2.75) is 39.0 Å². The second-order valence-electron chi connectivity index (χ2n) is 9.55. The van der Waals surface area contributed by atoms with Gasteiger partial charge >= 0.3 is 5.63 Å². The molecule has 0 saturated carbocycles. The lowest BCUT2D eigenvalue weighted by atomic mass is 10.1. The predicted octanol–water partition coefficient (Wildman–Crippen LogP) is 5.20. The van der Waals surface area contributed by atoms with Crippen LogP contribution in [0.25, 0.3) is 11.3 Å². The van der Waals surface area contributed by atoms with Crippen molar-refractivity contribution in [3.05, 3.63) is 68.5 Å². The molecule has 1 saturated heterocycles. The van der Waals surface area contributed by atoms with Gasteiger partial charge in [-0.15, -0.1) is 0 Å². The van der Waals surface area contributed by atoms with Crippen LogP contribution in [0.5, 0.6) is 23.0 Å². The topological polar surface area (TPSA) is 73.6 Å². The van der Waals surface area contributed by atoms with E-state index in [2.05, 4.69) is 45.6 Å². The molecule has 0 spiro atoms. The number of nitrogens with zero attached hydrogens (tertiary/aromatic N) is 2. The van der Waals surface area contributed by atoms with Crippen LogP contribution in [-0.2, 0) is 13.1 Å². The van der Waals surface area contributed by atoms with Crippen LogP contribution in [0.15, 0.2) is 56.1 Å². The van der Waals surface area contributed by atoms with Crippen molar-refractivity contribution in [2.24, 2.45) is 0 Å². The Hall–Kier alpha value is -3.01. The van der Waals surface area contributed by atoms with Crippen molar-refractivity contribution in [2.75, 3.05) is 41.5 Å². The van der Waals surface area contributed by atoms with Crippen LogP contribution in [0.3, 0.4) is 0 Å². The molecule has 1 aliphatic rings. The molecule has 8 nitrogen and oxygen atoms in total. The van der Waals surface area contributed by atoms with Gasteiger partial charge in [0.1, 0.15) is 5.76 Å². The van der Waals surface area contributed by atoms with Crippen molar-refractivity contribution >= 4 is 15.9 Å². The van der Waals surface area contributed by atoms with Crippen LogP contribution in [0, 0.1) is 0 Å². The first-order valence-electron chi connectivity index (χ1n) is 12.5. The molecular formula is C29H35BrN2O6. The molecule has 9 heteroatoms. The first-order chi connectivity index (χ1) is 18.3. The average molecular weight is 588 g/mol. The molecule has 1 fully saturated rings. The van der Waals surface area contributed by atoms with E-state index in [1.807, 2.05) is 24.3 Å². The Morgan fingerprint density at radius 3 is 1.97 bits per heavy atom. The molecule has 1 aromatic heterocycles. The standard InChI is InChI=1S/C29H35BrN2O6/c1-18-15-32(19(2)14-31(18)16-20-7-9-25(34-3)26(11-20)35-4)17-21-8-10-24(38-29(21)33)22-12-27(36-5)28(37-6)13-23(22)30/h7-13,18-19H,14-17H2,1-6H3. The molecule has 2 atom stereocenters. The van der Waals surface area contributed by atoms with Gasteiger partial charge in [0.15, 0.2) is 23.0 Å². The Morgan fingerprint density at radius 1 is 0.789 bits per heavy atom. The summed E-state index contributed by atoms with van der Waals surface area (Å²) in [4.78, 5) is 17.8. The van der Waals surface area contributed by atoms with Gasteiger partial charge in [-0.05, 0) is 71.7 Å². The number of hydrogen-bond acceptors (Lipinski definition) is 8. The zero-order valence-electron chi connectivity index (χ0n) is 22.7. The molecular weight excluding hydrogens is 552 g/mol. The van der Waals surface area contributed by atoms with E-state index in [1.54, 1.807) is 40.6 Å². The Bertz CT molecular complexity index is 1330. The largest absolute Gasteiger partial charge is 0.493 e. The third kappa shape index (κ3) is 6.00. The van der Waals surface area contributed by atoms with Crippen molar-refractivity contribution in [1.29, 1.82) is 0 Å². The zero-order chi connectivity index (χ0) is 27.4. The van der Waals surface area contributed by atoms with E-state index in [-0.39, 0.29) is 11.7 Å². The number of ether oxygens (including phenoxy) is 4. The van der Waals surface area contributed by atoms with Gasteiger partial charge in [0.2, 0.25) is 0 Å². The second-order valence-corrected chi connectivity index (χ2v) is 10.4. The van der Waals surface area contributed by atoms with Gasteiger partial charge in [-0.1, -0.05) is 6.07 Å². The molecule has 0 N–H and O–H groups in total. The highest BCUT2D eigenvalue weighted by Gasteiger charge is 2.30. The van der Waals surface area contributed by atoms with E-state index < -0.39 is 0 Å². The van der Waals surface area contributed by atoms with Crippen LogP contribution in [-0.4, -0.2) is 63.4 Å². The fourth-order valence-electron chi connectivity index (χ4n) is 4.89. The Balaban J connectivity index is 1.45. The highest BCUT2D eigenvalue weighted by atomic mass is 79.9. The Labute approximate surface area is 232 Å². The van der Waals surface area contributed by atoms with Gasteiger partial charge in [-0.2, -0.15) is 0 Å². The Kier molecular flexibility index (Phi) is 9.02. The van der Waals surface area contributed by atoms with Gasteiger partial charge < -0.3 is 23.4 Å². The Morgan fingerprint density at radius 2 is 1.37 bits per heavy atom. The first-order valence-corrected chi connectivity index (χ1v) is 13.3.